The van der Waals surface area contributed by atoms with E-state index in [1.165, 1.54) is 12.1 Å². The van der Waals surface area contributed by atoms with Crippen LogP contribution in [0, 0.1) is 0 Å². The summed E-state index contributed by atoms with van der Waals surface area (Å²) in [5.41, 5.74) is 5.30. The van der Waals surface area contributed by atoms with Gasteiger partial charge in [-0.3, -0.25) is 9.48 Å². The summed E-state index contributed by atoms with van der Waals surface area (Å²) in [6.07, 6.45) is -5.87. The van der Waals surface area contributed by atoms with Crippen LogP contribution >= 0.6 is 0 Å². The van der Waals surface area contributed by atoms with Gasteiger partial charge in [0.15, 0.2) is 0 Å². The molecule has 6 N–H and O–H groups in total. The van der Waals surface area contributed by atoms with Gasteiger partial charge >= 0.3 is 5.97 Å². The van der Waals surface area contributed by atoms with Crippen LogP contribution in [-0.2, 0) is 35.6 Å². The summed E-state index contributed by atoms with van der Waals surface area (Å²) >= 11 is 0. The molecule has 0 radical (unpaired) electrons. The molecule has 0 spiro atoms. The molecule has 15 nitrogen and oxygen atoms in total. The molecule has 5 aromatic rings. The fourth-order valence-electron chi connectivity index (χ4n) is 6.49. The van der Waals surface area contributed by atoms with E-state index in [4.69, 9.17) is 9.47 Å². The zero-order valence-electron chi connectivity index (χ0n) is 30.4. The van der Waals surface area contributed by atoms with Gasteiger partial charge in [-0.25, -0.2) is 17.9 Å². The van der Waals surface area contributed by atoms with Crippen LogP contribution in [0.4, 0.5) is 0 Å². The molecule has 0 aliphatic carbocycles. The fourth-order valence-corrected chi connectivity index (χ4v) is 7.54. The van der Waals surface area contributed by atoms with Gasteiger partial charge in [0.05, 0.1) is 35.9 Å². The molecule has 56 heavy (non-hydrogen) atoms. The molecule has 0 unspecified atom stereocenters. The number of rotatable bonds is 16. The third kappa shape index (κ3) is 9.54. The molecular weight excluding hydrogens is 743 g/mol. The van der Waals surface area contributed by atoms with Gasteiger partial charge in [0, 0.05) is 32.0 Å². The van der Waals surface area contributed by atoms with Gasteiger partial charge in [0.25, 0.3) is 5.79 Å². The first-order valence-electron chi connectivity index (χ1n) is 17.9. The van der Waals surface area contributed by atoms with Crippen molar-refractivity contribution in [2.75, 3.05) is 13.2 Å². The van der Waals surface area contributed by atoms with Gasteiger partial charge in [-0.15, -0.1) is 5.10 Å². The van der Waals surface area contributed by atoms with Crippen LogP contribution in [0.15, 0.2) is 120 Å². The first-order chi connectivity index (χ1) is 26.8. The number of aliphatic carboxylic acids is 1. The minimum Gasteiger partial charge on any atom is -0.477 e. The summed E-state index contributed by atoms with van der Waals surface area (Å²) in [6.45, 7) is 0.514. The van der Waals surface area contributed by atoms with Crippen LogP contribution in [0.1, 0.15) is 19.8 Å². The number of carboxylic acid groups (broad SMARTS) is 1. The first-order valence-corrected chi connectivity index (χ1v) is 19.4. The number of aliphatic hydroxyl groups excluding tert-OH is 3. The normalized spacial score (nSPS) is 20.9. The lowest BCUT2D eigenvalue weighted by Gasteiger charge is -2.46. The highest BCUT2D eigenvalue weighted by molar-refractivity contribution is 7.89. The molecule has 1 fully saturated rings. The molecule has 16 heteroatoms. The number of hydrogen-bond donors (Lipinski definition) is 6. The Bertz CT molecular complexity index is 2190. The summed E-state index contributed by atoms with van der Waals surface area (Å²) in [6, 6.07) is 31.8. The predicted octanol–water partition coefficient (Wildman–Crippen LogP) is 2.82. The highest BCUT2D eigenvalue weighted by Crippen LogP contribution is 2.34. The van der Waals surface area contributed by atoms with Crippen molar-refractivity contribution in [3.05, 3.63) is 115 Å². The van der Waals surface area contributed by atoms with E-state index in [1.807, 2.05) is 84.9 Å². The number of aliphatic hydroxyl groups is 3. The molecule has 1 amide bonds. The molecule has 2 heterocycles. The summed E-state index contributed by atoms with van der Waals surface area (Å²) in [4.78, 5) is 24.6. The maximum Gasteiger partial charge on any atom is 0.364 e. The molecule has 6 rings (SSSR count). The molecule has 6 atom stereocenters. The van der Waals surface area contributed by atoms with Gasteiger partial charge in [0.2, 0.25) is 15.9 Å². The van der Waals surface area contributed by atoms with Crippen molar-refractivity contribution >= 4 is 21.9 Å². The quantitative estimate of drug-likeness (QED) is 0.0796. The summed E-state index contributed by atoms with van der Waals surface area (Å²) in [5, 5.41) is 54.4. The van der Waals surface area contributed by atoms with Crippen LogP contribution in [0.3, 0.4) is 0 Å². The number of hydrogen-bond acceptors (Lipinski definition) is 11. The smallest absolute Gasteiger partial charge is 0.364 e. The van der Waals surface area contributed by atoms with E-state index in [-0.39, 0.29) is 24.5 Å². The Labute approximate surface area is 323 Å². The van der Waals surface area contributed by atoms with Crippen molar-refractivity contribution in [1.82, 2.24) is 25.0 Å². The predicted molar refractivity (Wildman–Crippen MR) is 204 cm³/mol. The molecule has 1 aromatic heterocycles. The number of nitrogens with one attached hydrogen (secondary N) is 2. The lowest BCUT2D eigenvalue weighted by atomic mass is 9.88. The van der Waals surface area contributed by atoms with Gasteiger partial charge in [-0.05, 0) is 40.8 Å². The van der Waals surface area contributed by atoms with Crippen LogP contribution in [0.2, 0.25) is 0 Å². The Morgan fingerprint density at radius 3 is 2.02 bits per heavy atom. The Morgan fingerprint density at radius 1 is 0.893 bits per heavy atom. The van der Waals surface area contributed by atoms with Crippen molar-refractivity contribution in [1.29, 1.82) is 0 Å². The minimum atomic E-state index is -4.17. The molecular formula is C40H43N5O10S. The SMILES string of the molecule is CC(=O)N[C@H]1[C@H]([C@H](O)[C@H](O)CNS(=O)(=O)c2ccc(-c3ccccc3)cc2)O[C@@](OCCCn2cc(-c3ccc(-c4ccccc4)cc3)nn2)(C(=O)O)C[C@@H]1O. The lowest BCUT2D eigenvalue weighted by Crippen LogP contribution is -2.68. The van der Waals surface area contributed by atoms with Crippen molar-refractivity contribution < 1.29 is 47.9 Å². The van der Waals surface area contributed by atoms with Gasteiger partial charge in [-0.1, -0.05) is 102 Å². The third-order valence-corrected chi connectivity index (χ3v) is 10.9. The molecule has 0 bridgehead atoms. The maximum atomic E-state index is 13.1. The Balaban J connectivity index is 1.08. The van der Waals surface area contributed by atoms with E-state index in [1.54, 1.807) is 23.0 Å². The number of carboxylic acids is 1. The van der Waals surface area contributed by atoms with Crippen LogP contribution < -0.4 is 10.0 Å². The molecule has 1 aliphatic heterocycles. The van der Waals surface area contributed by atoms with Gasteiger partial charge < -0.3 is 35.2 Å². The zero-order valence-corrected chi connectivity index (χ0v) is 31.2. The lowest BCUT2D eigenvalue weighted by molar-refractivity contribution is -0.310. The number of aromatic nitrogens is 3. The standard InChI is InChI=1S/C40H43N5O10S/c1-26(46)42-36-34(47)23-40(39(50)51,54-22-8-21-45-25-33(43-44-45)31-15-13-29(14-16-31)27-9-4-2-5-10-27)55-38(36)37(49)35(48)24-41-56(52,53)32-19-17-30(18-20-32)28-11-6-3-7-12-28/h2-7,9-20,25,34-38,41,47-49H,8,21-24H2,1H3,(H,42,46)(H,50,51)/t34-,35+,36+,37+,38+,40+/m0/s1. The maximum absolute atomic E-state index is 13.1. The molecule has 1 aliphatic rings. The van der Waals surface area contributed by atoms with E-state index >= 15 is 0 Å². The summed E-state index contributed by atoms with van der Waals surface area (Å²) < 4.78 is 41.5. The van der Waals surface area contributed by atoms with E-state index in [0.717, 1.165) is 34.7 Å². The van der Waals surface area contributed by atoms with Crippen molar-refractivity contribution in [3.63, 3.8) is 0 Å². The van der Waals surface area contributed by atoms with Crippen molar-refractivity contribution in [2.24, 2.45) is 0 Å². The second-order valence-electron chi connectivity index (χ2n) is 13.5. The van der Waals surface area contributed by atoms with E-state index in [0.29, 0.717) is 5.69 Å². The fraction of sp³-hybridized carbons (Fsp3) is 0.300. The summed E-state index contributed by atoms with van der Waals surface area (Å²) in [7, 11) is -4.17. The zero-order chi connectivity index (χ0) is 39.9. The minimum absolute atomic E-state index is 0.0998. The number of amides is 1. The largest absolute Gasteiger partial charge is 0.477 e. The number of carbonyl (C=O) groups is 2. The topological polar surface area (TPSA) is 222 Å². The highest BCUT2D eigenvalue weighted by atomic mass is 32.2. The molecule has 0 saturated carbocycles. The number of nitrogens with zero attached hydrogens (tertiary/aromatic N) is 3. The Kier molecular flexibility index (Phi) is 12.7. The monoisotopic (exact) mass is 785 g/mol. The number of benzene rings is 4. The van der Waals surface area contributed by atoms with E-state index < -0.39 is 71.1 Å². The first kappa shape index (κ1) is 40.3. The van der Waals surface area contributed by atoms with E-state index in [9.17, 15) is 38.4 Å². The second kappa shape index (κ2) is 17.6. The van der Waals surface area contributed by atoms with Crippen LogP contribution in [-0.4, -0.2) is 105 Å². The Morgan fingerprint density at radius 2 is 1.45 bits per heavy atom. The average Bonchev–Trinajstić information content (AvgIpc) is 3.69. The molecule has 1 saturated heterocycles. The van der Waals surface area contributed by atoms with Crippen LogP contribution in [0.5, 0.6) is 0 Å². The number of sulfonamides is 1. The van der Waals surface area contributed by atoms with Crippen molar-refractivity contribution in [3.8, 4) is 33.5 Å². The van der Waals surface area contributed by atoms with Gasteiger partial charge in [-0.2, -0.15) is 0 Å². The van der Waals surface area contributed by atoms with Gasteiger partial charge in [0.1, 0.15) is 17.9 Å². The molecule has 4 aromatic carbocycles. The number of aryl methyl sites for hydroxylation is 1. The summed E-state index contributed by atoms with van der Waals surface area (Å²) in [5.74, 6) is -4.74. The second-order valence-corrected chi connectivity index (χ2v) is 15.2. The Hall–Kier alpha value is -5.33. The van der Waals surface area contributed by atoms with E-state index in [2.05, 4.69) is 20.4 Å². The highest BCUT2D eigenvalue weighted by Gasteiger charge is 2.55. The molecule has 294 valence electrons. The third-order valence-electron chi connectivity index (χ3n) is 9.45. The van der Waals surface area contributed by atoms with Crippen molar-refractivity contribution in [2.45, 2.75) is 67.5 Å². The number of carbonyl (C=O) groups excluding carboxylic acids is 1. The number of ether oxygens (including phenoxy) is 2. The average molecular weight is 786 g/mol. The van der Waals surface area contributed by atoms with Crippen LogP contribution in [0.25, 0.3) is 33.5 Å².